The van der Waals surface area contributed by atoms with Gasteiger partial charge < -0.3 is 19.7 Å². The molecular formula is C27H28ClN3O4. The van der Waals surface area contributed by atoms with Gasteiger partial charge in [0.1, 0.15) is 24.7 Å². The number of hydrogen-bond donors (Lipinski definition) is 1. The molecule has 7 nitrogen and oxygen atoms in total. The summed E-state index contributed by atoms with van der Waals surface area (Å²) in [5.41, 5.74) is 1.12. The normalized spacial score (nSPS) is 13.8. The summed E-state index contributed by atoms with van der Waals surface area (Å²) >= 11 is 6.11. The second kappa shape index (κ2) is 12.2. The van der Waals surface area contributed by atoms with Gasteiger partial charge >= 0.3 is 0 Å². The number of ether oxygens (including phenoxy) is 2. The van der Waals surface area contributed by atoms with Crippen LogP contribution in [-0.2, 0) is 4.79 Å². The number of para-hydroxylation sites is 3. The summed E-state index contributed by atoms with van der Waals surface area (Å²) in [6, 6.07) is 23.9. The zero-order chi connectivity index (χ0) is 24.5. The van der Waals surface area contributed by atoms with Crippen molar-refractivity contribution < 1.29 is 19.1 Å². The van der Waals surface area contributed by atoms with E-state index in [1.807, 2.05) is 59.5 Å². The van der Waals surface area contributed by atoms with E-state index in [1.165, 1.54) is 0 Å². The number of rotatable bonds is 9. The van der Waals surface area contributed by atoms with Crippen LogP contribution in [0.15, 0.2) is 78.9 Å². The number of hydrogen-bond acceptors (Lipinski definition) is 5. The molecule has 1 saturated heterocycles. The van der Waals surface area contributed by atoms with Crippen molar-refractivity contribution in [1.29, 1.82) is 0 Å². The molecule has 4 rings (SSSR count). The third-order valence-electron chi connectivity index (χ3n) is 5.64. The van der Waals surface area contributed by atoms with Gasteiger partial charge in [-0.1, -0.05) is 54.1 Å². The van der Waals surface area contributed by atoms with E-state index in [0.29, 0.717) is 61.4 Å². The molecule has 0 aromatic heterocycles. The minimum Gasteiger partial charge on any atom is -0.490 e. The van der Waals surface area contributed by atoms with E-state index < -0.39 is 0 Å². The van der Waals surface area contributed by atoms with Crippen molar-refractivity contribution in [2.24, 2.45) is 0 Å². The minimum atomic E-state index is -0.130. The van der Waals surface area contributed by atoms with Gasteiger partial charge in [0.25, 0.3) is 5.91 Å². The Kier molecular flexibility index (Phi) is 8.59. The third-order valence-corrected chi connectivity index (χ3v) is 5.97. The maximum absolute atomic E-state index is 13.2. The Hall–Kier alpha value is -3.55. The van der Waals surface area contributed by atoms with E-state index >= 15 is 0 Å². The van der Waals surface area contributed by atoms with Crippen LogP contribution in [0.2, 0.25) is 5.02 Å². The first-order chi connectivity index (χ1) is 17.1. The molecule has 0 unspecified atom stereocenters. The Morgan fingerprint density at radius 3 is 2.23 bits per heavy atom. The van der Waals surface area contributed by atoms with Crippen LogP contribution in [0.5, 0.6) is 11.5 Å². The maximum atomic E-state index is 13.2. The van der Waals surface area contributed by atoms with Gasteiger partial charge in [0.05, 0.1) is 22.8 Å². The van der Waals surface area contributed by atoms with Gasteiger partial charge in [-0.15, -0.1) is 0 Å². The van der Waals surface area contributed by atoms with Crippen LogP contribution in [0, 0.1) is 0 Å². The van der Waals surface area contributed by atoms with Crippen LogP contribution in [0.25, 0.3) is 0 Å². The highest BCUT2D eigenvalue weighted by molar-refractivity contribution is 6.33. The van der Waals surface area contributed by atoms with E-state index in [9.17, 15) is 9.59 Å². The van der Waals surface area contributed by atoms with Crippen molar-refractivity contribution in [3.63, 3.8) is 0 Å². The fourth-order valence-corrected chi connectivity index (χ4v) is 4.01. The Morgan fingerprint density at radius 1 is 0.800 bits per heavy atom. The van der Waals surface area contributed by atoms with Crippen LogP contribution in [0.4, 0.5) is 5.69 Å². The number of anilines is 1. The van der Waals surface area contributed by atoms with Crippen molar-refractivity contribution in [1.82, 2.24) is 9.80 Å². The highest BCUT2D eigenvalue weighted by atomic mass is 35.5. The molecule has 0 radical (unpaired) electrons. The summed E-state index contributed by atoms with van der Waals surface area (Å²) in [5, 5.41) is 3.34. The van der Waals surface area contributed by atoms with Crippen molar-refractivity contribution in [3.8, 4) is 11.5 Å². The summed E-state index contributed by atoms with van der Waals surface area (Å²) in [6.07, 6.45) is 0. The van der Waals surface area contributed by atoms with E-state index in [4.69, 9.17) is 21.1 Å². The molecule has 0 aliphatic carbocycles. The quantitative estimate of drug-likeness (QED) is 0.452. The summed E-state index contributed by atoms with van der Waals surface area (Å²) in [7, 11) is 0. The lowest BCUT2D eigenvalue weighted by Crippen LogP contribution is -2.50. The summed E-state index contributed by atoms with van der Waals surface area (Å²) in [5.74, 6) is 1.11. The number of benzene rings is 3. The zero-order valence-corrected chi connectivity index (χ0v) is 20.1. The van der Waals surface area contributed by atoms with Crippen molar-refractivity contribution in [3.05, 3.63) is 89.4 Å². The van der Waals surface area contributed by atoms with Crippen LogP contribution in [0.3, 0.4) is 0 Å². The topological polar surface area (TPSA) is 71.1 Å². The summed E-state index contributed by atoms with van der Waals surface area (Å²) < 4.78 is 11.5. The molecule has 2 amide bonds. The monoisotopic (exact) mass is 493 g/mol. The van der Waals surface area contributed by atoms with E-state index in [2.05, 4.69) is 5.32 Å². The van der Waals surface area contributed by atoms with Crippen molar-refractivity contribution >= 4 is 29.1 Å². The molecule has 3 aromatic rings. The number of carbonyl (C=O) groups is 2. The van der Waals surface area contributed by atoms with E-state index in [1.54, 1.807) is 29.2 Å². The van der Waals surface area contributed by atoms with Crippen LogP contribution in [0.1, 0.15) is 10.4 Å². The number of amides is 2. The fourth-order valence-electron chi connectivity index (χ4n) is 3.83. The van der Waals surface area contributed by atoms with Crippen molar-refractivity contribution in [2.75, 3.05) is 51.3 Å². The number of halogens is 1. The lowest BCUT2D eigenvalue weighted by Gasteiger charge is -2.34. The molecule has 0 spiro atoms. The molecule has 3 aromatic carbocycles. The zero-order valence-electron chi connectivity index (χ0n) is 19.4. The largest absolute Gasteiger partial charge is 0.490 e. The summed E-state index contributed by atoms with van der Waals surface area (Å²) in [6.45, 7) is 3.22. The first-order valence-corrected chi connectivity index (χ1v) is 11.9. The van der Waals surface area contributed by atoms with E-state index in [-0.39, 0.29) is 18.4 Å². The predicted molar refractivity (Wildman–Crippen MR) is 136 cm³/mol. The third kappa shape index (κ3) is 6.97. The second-order valence-electron chi connectivity index (χ2n) is 8.10. The molecule has 1 heterocycles. The smallest absolute Gasteiger partial charge is 0.257 e. The molecule has 1 N–H and O–H groups in total. The molecule has 8 heteroatoms. The highest BCUT2D eigenvalue weighted by Crippen LogP contribution is 2.22. The number of nitrogens with one attached hydrogen (secondary N) is 1. The average Bonchev–Trinajstić information content (AvgIpc) is 2.89. The van der Waals surface area contributed by atoms with Crippen LogP contribution in [-0.4, -0.2) is 67.6 Å². The molecule has 1 aliphatic rings. The molecule has 1 aliphatic heterocycles. The maximum Gasteiger partial charge on any atom is 0.257 e. The molecule has 182 valence electrons. The SMILES string of the molecule is O=C(CN1CCN(C(=O)c2ccccc2OCCOc2ccccc2)CC1)Nc1ccccc1Cl. The van der Waals surface area contributed by atoms with Gasteiger partial charge in [0.15, 0.2) is 0 Å². The molecule has 0 atom stereocenters. The average molecular weight is 494 g/mol. The van der Waals surface area contributed by atoms with Gasteiger partial charge in [-0.3, -0.25) is 14.5 Å². The molecule has 0 saturated carbocycles. The number of carbonyl (C=O) groups excluding carboxylic acids is 2. The lowest BCUT2D eigenvalue weighted by atomic mass is 10.1. The molecule has 1 fully saturated rings. The predicted octanol–water partition coefficient (Wildman–Crippen LogP) is 4.19. The van der Waals surface area contributed by atoms with Gasteiger partial charge in [-0.2, -0.15) is 0 Å². The number of piperazine rings is 1. The Labute approximate surface area is 210 Å². The fraction of sp³-hybridized carbons (Fsp3) is 0.259. The standard InChI is InChI=1S/C27H28ClN3O4/c28-23-11-5-6-12-24(23)29-26(32)20-30-14-16-31(17-15-30)27(33)22-10-4-7-13-25(22)35-19-18-34-21-8-2-1-3-9-21/h1-13H,14-20H2,(H,29,32). The first kappa shape index (κ1) is 24.6. The highest BCUT2D eigenvalue weighted by Gasteiger charge is 2.25. The second-order valence-corrected chi connectivity index (χ2v) is 8.51. The Morgan fingerprint density at radius 2 is 1.46 bits per heavy atom. The van der Waals surface area contributed by atoms with Gasteiger partial charge in [0.2, 0.25) is 5.91 Å². The van der Waals surface area contributed by atoms with Gasteiger partial charge in [-0.25, -0.2) is 0 Å². The lowest BCUT2D eigenvalue weighted by molar-refractivity contribution is -0.117. The number of nitrogens with zero attached hydrogens (tertiary/aromatic N) is 2. The van der Waals surface area contributed by atoms with E-state index in [0.717, 1.165) is 5.75 Å². The Bertz CT molecular complexity index is 1130. The van der Waals surface area contributed by atoms with Crippen molar-refractivity contribution in [2.45, 2.75) is 0 Å². The van der Waals surface area contributed by atoms with Gasteiger partial charge in [0, 0.05) is 26.2 Å². The van der Waals surface area contributed by atoms with Crippen LogP contribution >= 0.6 is 11.6 Å². The Balaban J connectivity index is 1.25. The molecule has 0 bridgehead atoms. The minimum absolute atomic E-state index is 0.0789. The molecular weight excluding hydrogens is 466 g/mol. The van der Waals surface area contributed by atoms with Gasteiger partial charge in [-0.05, 0) is 36.4 Å². The van der Waals surface area contributed by atoms with Crippen LogP contribution < -0.4 is 14.8 Å². The molecule has 35 heavy (non-hydrogen) atoms. The summed E-state index contributed by atoms with van der Waals surface area (Å²) in [4.78, 5) is 29.4. The first-order valence-electron chi connectivity index (χ1n) is 11.6.